The zero-order valence-corrected chi connectivity index (χ0v) is 70.0. The number of aromatic nitrogens is 8. The molecule has 20 rings (SSSR count). The molecule has 0 amide bonds. The Labute approximate surface area is 725 Å². The van der Waals surface area contributed by atoms with E-state index in [2.05, 4.69) is 209 Å². The molecule has 610 valence electrons. The molecule has 0 saturated carbocycles. The fourth-order valence-corrected chi connectivity index (χ4v) is 18.3. The molecule has 14 heteroatoms. The van der Waals surface area contributed by atoms with Crippen LogP contribution in [0.25, 0.3) is 190 Å². The SMILES string of the molecule is Cc1cc(C)cc(-c2ccc3c4ccc(-c5cc(C)cc(Cc6cc(C)cc(C)c6-c6ccc7c(c6)c6cc(-c8ccc(C)cc8C)ccc6n7-c6ccc(-c7ccc(C(F)(F)F)cc7)c(-c7nc(-c8ccccc8)nc(-c8ccccc8)n7)c6)c5)cc4n(-c4ccc(-c5ccc(C(F)(F)F)cc5)c(-c5nc(-c6ccccc6)nc(-c6ccccc6)n5)c4)c3c2)c1. The normalized spacial score (nSPS) is 11.9. The molecule has 0 bridgehead atoms. The predicted molar refractivity (Wildman–Crippen MR) is 500 cm³/mol. The van der Waals surface area contributed by atoms with Crippen molar-refractivity contribution in [2.24, 2.45) is 0 Å². The predicted octanol–water partition coefficient (Wildman–Crippen LogP) is 30.0. The quantitative estimate of drug-likeness (QED) is 0.0896. The number of hydrogen-bond acceptors (Lipinski definition) is 6. The monoisotopic (exact) mass is 1650 g/mol. The van der Waals surface area contributed by atoms with Crippen LogP contribution in [-0.2, 0) is 18.8 Å². The number of nitrogens with zero attached hydrogens (tertiary/aromatic N) is 8. The molecule has 0 fully saturated rings. The van der Waals surface area contributed by atoms with Crippen LogP contribution in [0.2, 0.25) is 0 Å². The first kappa shape index (κ1) is 79.2. The van der Waals surface area contributed by atoms with Gasteiger partial charge in [-0.3, -0.25) is 0 Å². The van der Waals surface area contributed by atoms with Gasteiger partial charge in [0.05, 0.1) is 33.2 Å². The maximum absolute atomic E-state index is 14.4. The van der Waals surface area contributed by atoms with Gasteiger partial charge in [-0.1, -0.05) is 289 Å². The average Bonchev–Trinajstić information content (AvgIpc) is 1.57. The van der Waals surface area contributed by atoms with Crippen LogP contribution in [0.4, 0.5) is 26.3 Å². The summed E-state index contributed by atoms with van der Waals surface area (Å²) in [6.07, 6.45) is -8.49. The van der Waals surface area contributed by atoms with E-state index in [9.17, 15) is 26.3 Å². The molecule has 4 heterocycles. The summed E-state index contributed by atoms with van der Waals surface area (Å²) in [7, 11) is 0. The smallest absolute Gasteiger partial charge is 0.309 e. The summed E-state index contributed by atoms with van der Waals surface area (Å²) in [5, 5.41) is 4.10. The third-order valence-electron chi connectivity index (χ3n) is 23.9. The molecule has 0 atom stereocenters. The minimum Gasteiger partial charge on any atom is -0.309 e. The molecule has 16 aromatic carbocycles. The van der Waals surface area contributed by atoms with Crippen molar-refractivity contribution in [3.05, 3.63) is 407 Å². The standard InChI is InChI=1S/C112H80F6N8/c1-66-28-43-91(71(6)51-66)82-35-48-100-96(60-82)97-61-83(36-49-101(97)125(100)89-41-46-92(74-29-37-87(38-30-74)111(113,114)115)98(64-89)109-121-105(76-20-12-8-13-21-76)119-106(122-109)77-22-14-9-15-23-77)104-72(7)52-69(4)57-86(104)59-73-53-70(5)56-85(58-73)81-34-45-95-94-44-33-80(84-54-67(2)50-68(3)55-84)62-102(94)126(103(95)63-81)90-42-47-93(75-31-39-88(40-32-75)112(116,117)118)99(65-90)110-123-107(78-24-16-10-17-25-78)120-108(124-110)79-26-18-11-19-27-79/h8-58,60-65H,59H2,1-7H3. The Kier molecular flexibility index (Phi) is 20.0. The fourth-order valence-electron chi connectivity index (χ4n) is 18.3. The molecule has 0 aliphatic rings. The summed E-state index contributed by atoms with van der Waals surface area (Å²) in [4.78, 5) is 31.0. The Morgan fingerprint density at radius 3 is 1.05 bits per heavy atom. The Hall–Kier alpha value is -15.3. The van der Waals surface area contributed by atoms with E-state index in [1.165, 1.54) is 29.8 Å². The molecule has 20 aromatic rings. The van der Waals surface area contributed by atoms with Gasteiger partial charge in [-0.2, -0.15) is 26.3 Å². The number of halogens is 6. The third-order valence-corrected chi connectivity index (χ3v) is 23.9. The van der Waals surface area contributed by atoms with Crippen molar-refractivity contribution in [1.82, 2.24) is 39.0 Å². The summed E-state index contributed by atoms with van der Waals surface area (Å²) < 4.78 is 90.7. The number of aryl methyl sites for hydroxylation is 7. The van der Waals surface area contributed by atoms with Crippen molar-refractivity contribution < 1.29 is 26.3 Å². The summed E-state index contributed by atoms with van der Waals surface area (Å²) in [6.45, 7) is 15.0. The van der Waals surface area contributed by atoms with Crippen LogP contribution < -0.4 is 0 Å². The first-order chi connectivity index (χ1) is 61.0. The molecule has 8 nitrogen and oxygen atoms in total. The van der Waals surface area contributed by atoms with Crippen LogP contribution in [0, 0.1) is 48.5 Å². The van der Waals surface area contributed by atoms with Crippen LogP contribution in [0.1, 0.15) is 61.2 Å². The summed E-state index contributed by atoms with van der Waals surface area (Å²) >= 11 is 0. The second kappa shape index (κ2) is 31.9. The lowest BCUT2D eigenvalue weighted by Gasteiger charge is -2.17. The number of benzene rings is 16. The average molecular weight is 1650 g/mol. The van der Waals surface area contributed by atoms with E-state index in [1.807, 2.05) is 146 Å². The fraction of sp³-hybridized carbons (Fsp3) is 0.0893. The first-order valence-electron chi connectivity index (χ1n) is 41.9. The lowest BCUT2D eigenvalue weighted by Crippen LogP contribution is -2.04. The number of fused-ring (bicyclic) bond motifs is 6. The van der Waals surface area contributed by atoms with Crippen LogP contribution >= 0.6 is 0 Å². The summed E-state index contributed by atoms with van der Waals surface area (Å²) in [5.74, 6) is 2.46. The number of hydrogen-bond donors (Lipinski definition) is 0. The molecule has 0 saturated heterocycles. The van der Waals surface area contributed by atoms with Gasteiger partial charge in [-0.15, -0.1) is 0 Å². The Balaban J connectivity index is 0.734. The van der Waals surface area contributed by atoms with Gasteiger partial charge in [0.1, 0.15) is 0 Å². The molecule has 0 N–H and O–H groups in total. The summed E-state index contributed by atoms with van der Waals surface area (Å²) in [5.41, 5.74) is 29.2. The minimum absolute atomic E-state index is 0.346. The van der Waals surface area contributed by atoms with Crippen molar-refractivity contribution >= 4 is 43.6 Å². The highest BCUT2D eigenvalue weighted by Crippen LogP contribution is 2.47. The maximum Gasteiger partial charge on any atom is 0.416 e. The van der Waals surface area contributed by atoms with Crippen LogP contribution in [0.15, 0.2) is 346 Å². The molecular formula is C112H80F6N8. The van der Waals surface area contributed by atoms with Crippen LogP contribution in [0.5, 0.6) is 0 Å². The highest BCUT2D eigenvalue weighted by molar-refractivity contribution is 6.13. The van der Waals surface area contributed by atoms with Gasteiger partial charge < -0.3 is 9.13 Å². The van der Waals surface area contributed by atoms with E-state index in [1.54, 1.807) is 0 Å². The third kappa shape index (κ3) is 15.2. The van der Waals surface area contributed by atoms with Gasteiger partial charge in [0.2, 0.25) is 0 Å². The van der Waals surface area contributed by atoms with Gasteiger partial charge in [0, 0.05) is 66.3 Å². The van der Waals surface area contributed by atoms with E-state index >= 15 is 0 Å². The van der Waals surface area contributed by atoms with E-state index in [4.69, 9.17) is 29.9 Å². The molecule has 126 heavy (non-hydrogen) atoms. The molecule has 0 aliphatic carbocycles. The van der Waals surface area contributed by atoms with E-state index < -0.39 is 23.5 Å². The van der Waals surface area contributed by atoms with Gasteiger partial charge in [-0.25, -0.2) is 29.9 Å². The highest BCUT2D eigenvalue weighted by Gasteiger charge is 2.33. The van der Waals surface area contributed by atoms with E-state index in [-0.39, 0.29) is 0 Å². The molecule has 4 aromatic heterocycles. The van der Waals surface area contributed by atoms with Crippen molar-refractivity contribution in [3.8, 4) is 146 Å². The van der Waals surface area contributed by atoms with Gasteiger partial charge in [0.15, 0.2) is 34.9 Å². The van der Waals surface area contributed by atoms with Gasteiger partial charge >= 0.3 is 12.4 Å². The van der Waals surface area contributed by atoms with Crippen molar-refractivity contribution in [2.75, 3.05) is 0 Å². The second-order valence-electron chi connectivity index (χ2n) is 33.0. The topological polar surface area (TPSA) is 87.2 Å². The van der Waals surface area contributed by atoms with Crippen molar-refractivity contribution in [1.29, 1.82) is 0 Å². The van der Waals surface area contributed by atoms with Crippen LogP contribution in [-0.4, -0.2) is 39.0 Å². The Morgan fingerprint density at radius 2 is 0.603 bits per heavy atom. The molecule has 0 spiro atoms. The molecular weight excluding hydrogens is 1570 g/mol. The maximum atomic E-state index is 14.4. The van der Waals surface area contributed by atoms with Crippen molar-refractivity contribution in [2.45, 2.75) is 67.2 Å². The molecule has 0 unspecified atom stereocenters. The number of alkyl halides is 6. The van der Waals surface area contributed by atoms with Crippen LogP contribution in [0.3, 0.4) is 0 Å². The summed E-state index contributed by atoms with van der Waals surface area (Å²) in [6, 6.07) is 113. The minimum atomic E-state index is -4.55. The number of rotatable bonds is 16. The molecule has 0 aliphatic heterocycles. The highest BCUT2D eigenvalue weighted by atomic mass is 19.4. The lowest BCUT2D eigenvalue weighted by molar-refractivity contribution is -0.138. The van der Waals surface area contributed by atoms with E-state index in [0.29, 0.717) is 74.7 Å². The van der Waals surface area contributed by atoms with Gasteiger partial charge in [0.25, 0.3) is 0 Å². The largest absolute Gasteiger partial charge is 0.416 e. The molecule has 0 radical (unpaired) electrons. The zero-order chi connectivity index (χ0) is 86.4. The zero-order valence-electron chi connectivity index (χ0n) is 70.0. The first-order valence-corrected chi connectivity index (χ1v) is 41.9. The second-order valence-corrected chi connectivity index (χ2v) is 33.0. The van der Waals surface area contributed by atoms with Crippen molar-refractivity contribution in [3.63, 3.8) is 0 Å². The van der Waals surface area contributed by atoms with Gasteiger partial charge in [-0.05, 0) is 229 Å². The Morgan fingerprint density at radius 1 is 0.230 bits per heavy atom. The Bertz CT molecular complexity index is 7550. The van der Waals surface area contributed by atoms with E-state index in [0.717, 1.165) is 191 Å². The lowest BCUT2D eigenvalue weighted by atomic mass is 9.88.